The number of carboxylic acids is 1. The Kier molecular flexibility index (Phi) is 3.03. The first-order valence-electron chi connectivity index (χ1n) is 6.63. The van der Waals surface area contributed by atoms with Crippen molar-refractivity contribution in [2.24, 2.45) is 0 Å². The van der Waals surface area contributed by atoms with Crippen molar-refractivity contribution in [3.8, 4) is 11.3 Å². The number of nitrogens with zero attached hydrogens (tertiary/aromatic N) is 1. The van der Waals surface area contributed by atoms with Crippen LogP contribution in [0.2, 0.25) is 0 Å². The molecule has 20 heavy (non-hydrogen) atoms. The smallest absolute Gasteiger partial charge is 0.336 e. The Balaban J connectivity index is 2.34. The van der Waals surface area contributed by atoms with Crippen LogP contribution in [-0.4, -0.2) is 15.6 Å². The fraction of sp³-hybridized carbons (Fsp3) is 0.118. The molecule has 0 spiro atoms. The number of carbonyl (C=O) groups is 1. The lowest BCUT2D eigenvalue weighted by atomic mass is 10.1. The van der Waals surface area contributed by atoms with Crippen molar-refractivity contribution >= 4 is 16.9 Å². The van der Waals surface area contributed by atoms with Gasteiger partial charge in [0.05, 0.1) is 5.56 Å². The highest BCUT2D eigenvalue weighted by Gasteiger charge is 2.14. The number of carboxylic acid groups (broad SMARTS) is 1. The minimum absolute atomic E-state index is 0.354. The van der Waals surface area contributed by atoms with E-state index in [0.717, 1.165) is 28.7 Å². The number of aromatic carboxylic acids is 1. The van der Waals surface area contributed by atoms with Gasteiger partial charge in [0.1, 0.15) is 0 Å². The van der Waals surface area contributed by atoms with Crippen LogP contribution in [-0.2, 0) is 6.54 Å². The van der Waals surface area contributed by atoms with Crippen LogP contribution in [0.1, 0.15) is 17.3 Å². The molecule has 0 radical (unpaired) electrons. The molecule has 0 unspecified atom stereocenters. The second-order valence-corrected chi connectivity index (χ2v) is 4.68. The second kappa shape index (κ2) is 4.85. The lowest BCUT2D eigenvalue weighted by Gasteiger charge is -2.07. The maximum atomic E-state index is 11.4. The lowest BCUT2D eigenvalue weighted by molar-refractivity contribution is 0.0699. The topological polar surface area (TPSA) is 42.2 Å². The number of hydrogen-bond acceptors (Lipinski definition) is 1. The highest BCUT2D eigenvalue weighted by Crippen LogP contribution is 2.30. The van der Waals surface area contributed by atoms with Crippen LogP contribution in [0.25, 0.3) is 22.2 Å². The molecule has 0 saturated heterocycles. The Bertz CT molecular complexity index is 772. The zero-order chi connectivity index (χ0) is 14.1. The van der Waals surface area contributed by atoms with Gasteiger partial charge in [0, 0.05) is 23.1 Å². The molecule has 3 aromatic rings. The van der Waals surface area contributed by atoms with Gasteiger partial charge >= 0.3 is 5.97 Å². The summed E-state index contributed by atoms with van der Waals surface area (Å²) >= 11 is 0. The molecule has 3 nitrogen and oxygen atoms in total. The fourth-order valence-corrected chi connectivity index (χ4v) is 2.66. The molecule has 3 rings (SSSR count). The Morgan fingerprint density at radius 2 is 1.85 bits per heavy atom. The van der Waals surface area contributed by atoms with Crippen molar-refractivity contribution in [2.45, 2.75) is 13.5 Å². The van der Waals surface area contributed by atoms with E-state index in [0.29, 0.717) is 5.56 Å². The van der Waals surface area contributed by atoms with Gasteiger partial charge < -0.3 is 9.67 Å². The van der Waals surface area contributed by atoms with Crippen LogP contribution in [0.4, 0.5) is 0 Å². The Morgan fingerprint density at radius 1 is 1.10 bits per heavy atom. The van der Waals surface area contributed by atoms with Crippen molar-refractivity contribution in [3.05, 3.63) is 60.2 Å². The number of fused-ring (bicyclic) bond motifs is 1. The minimum Gasteiger partial charge on any atom is -0.478 e. The van der Waals surface area contributed by atoms with Gasteiger partial charge in [0.25, 0.3) is 0 Å². The van der Waals surface area contributed by atoms with Crippen molar-refractivity contribution in [2.75, 3.05) is 0 Å². The van der Waals surface area contributed by atoms with E-state index >= 15 is 0 Å². The summed E-state index contributed by atoms with van der Waals surface area (Å²) in [7, 11) is 0. The van der Waals surface area contributed by atoms with Crippen LogP contribution in [0.5, 0.6) is 0 Å². The molecule has 0 fully saturated rings. The Morgan fingerprint density at radius 3 is 2.50 bits per heavy atom. The molecule has 0 atom stereocenters. The predicted molar refractivity (Wildman–Crippen MR) is 80.0 cm³/mol. The highest BCUT2D eigenvalue weighted by molar-refractivity contribution is 6.04. The summed E-state index contributed by atoms with van der Waals surface area (Å²) in [6, 6.07) is 17.4. The van der Waals surface area contributed by atoms with Crippen molar-refractivity contribution < 1.29 is 9.90 Å². The molecule has 0 saturated carbocycles. The maximum Gasteiger partial charge on any atom is 0.336 e. The summed E-state index contributed by atoms with van der Waals surface area (Å²) in [4.78, 5) is 11.4. The summed E-state index contributed by atoms with van der Waals surface area (Å²) in [5, 5.41) is 10.1. The molecule has 100 valence electrons. The van der Waals surface area contributed by atoms with E-state index in [1.54, 1.807) is 12.1 Å². The van der Waals surface area contributed by atoms with E-state index in [1.165, 1.54) is 0 Å². The third kappa shape index (κ3) is 1.88. The van der Waals surface area contributed by atoms with Crippen LogP contribution < -0.4 is 0 Å². The standard InChI is InChI=1S/C17H15NO2/c1-2-18-15-10-6-9-13(17(19)20)14(15)11-16(18)12-7-4-3-5-8-12/h3-11H,2H2,1H3,(H,19,20). The van der Waals surface area contributed by atoms with Crippen molar-refractivity contribution in [1.29, 1.82) is 0 Å². The molecule has 1 N–H and O–H groups in total. The van der Waals surface area contributed by atoms with Gasteiger partial charge in [-0.2, -0.15) is 0 Å². The summed E-state index contributed by atoms with van der Waals surface area (Å²) < 4.78 is 2.15. The molecule has 3 heteroatoms. The molecule has 1 aromatic heterocycles. The van der Waals surface area contributed by atoms with E-state index in [-0.39, 0.29) is 0 Å². The first kappa shape index (κ1) is 12.5. The van der Waals surface area contributed by atoms with E-state index in [9.17, 15) is 9.90 Å². The van der Waals surface area contributed by atoms with Gasteiger partial charge in [-0.25, -0.2) is 4.79 Å². The molecular formula is C17H15NO2. The van der Waals surface area contributed by atoms with Crippen molar-refractivity contribution in [1.82, 2.24) is 4.57 Å². The number of aromatic nitrogens is 1. The van der Waals surface area contributed by atoms with Crippen LogP contribution >= 0.6 is 0 Å². The van der Waals surface area contributed by atoms with Crippen LogP contribution in [0.3, 0.4) is 0 Å². The summed E-state index contributed by atoms with van der Waals surface area (Å²) in [6.45, 7) is 2.87. The van der Waals surface area contributed by atoms with Gasteiger partial charge in [-0.15, -0.1) is 0 Å². The number of hydrogen-bond donors (Lipinski definition) is 1. The largest absolute Gasteiger partial charge is 0.478 e. The monoisotopic (exact) mass is 265 g/mol. The lowest BCUT2D eigenvalue weighted by Crippen LogP contribution is -1.98. The molecule has 2 aromatic carbocycles. The normalized spacial score (nSPS) is 10.8. The molecule has 0 bridgehead atoms. The summed E-state index contributed by atoms with van der Waals surface area (Å²) in [6.07, 6.45) is 0. The number of rotatable bonds is 3. The summed E-state index contributed by atoms with van der Waals surface area (Å²) in [5.74, 6) is -0.886. The second-order valence-electron chi connectivity index (χ2n) is 4.68. The number of aryl methyl sites for hydroxylation is 1. The first-order chi connectivity index (χ1) is 9.72. The summed E-state index contributed by atoms with van der Waals surface area (Å²) in [5.41, 5.74) is 3.47. The Hall–Kier alpha value is -2.55. The minimum atomic E-state index is -0.886. The molecule has 0 aliphatic heterocycles. The molecule has 0 amide bonds. The van der Waals surface area contributed by atoms with Crippen LogP contribution in [0.15, 0.2) is 54.6 Å². The third-order valence-electron chi connectivity index (χ3n) is 3.56. The highest BCUT2D eigenvalue weighted by atomic mass is 16.4. The van der Waals surface area contributed by atoms with E-state index in [2.05, 4.69) is 11.5 Å². The molecule has 0 aliphatic carbocycles. The van der Waals surface area contributed by atoms with Gasteiger partial charge in [0.15, 0.2) is 0 Å². The number of benzene rings is 2. The van der Waals surface area contributed by atoms with E-state index in [1.807, 2.05) is 42.5 Å². The molecular weight excluding hydrogens is 250 g/mol. The fourth-order valence-electron chi connectivity index (χ4n) is 2.66. The molecule has 0 aliphatic rings. The SMILES string of the molecule is CCn1c(-c2ccccc2)cc2c(C(=O)O)cccc21. The van der Waals surface area contributed by atoms with E-state index < -0.39 is 5.97 Å². The quantitative estimate of drug-likeness (QED) is 0.777. The molecule has 1 heterocycles. The van der Waals surface area contributed by atoms with Gasteiger partial charge in [-0.1, -0.05) is 36.4 Å². The average molecular weight is 265 g/mol. The van der Waals surface area contributed by atoms with Gasteiger partial charge in [-0.05, 0) is 30.7 Å². The third-order valence-corrected chi connectivity index (χ3v) is 3.56. The van der Waals surface area contributed by atoms with Crippen LogP contribution in [0, 0.1) is 0 Å². The zero-order valence-corrected chi connectivity index (χ0v) is 11.2. The van der Waals surface area contributed by atoms with Gasteiger partial charge in [0.2, 0.25) is 0 Å². The Labute approximate surface area is 117 Å². The predicted octanol–water partition coefficient (Wildman–Crippen LogP) is 4.03. The van der Waals surface area contributed by atoms with Gasteiger partial charge in [-0.3, -0.25) is 0 Å². The van der Waals surface area contributed by atoms with Crippen molar-refractivity contribution in [3.63, 3.8) is 0 Å². The maximum absolute atomic E-state index is 11.4. The average Bonchev–Trinajstić information content (AvgIpc) is 2.86. The first-order valence-corrected chi connectivity index (χ1v) is 6.63. The van der Waals surface area contributed by atoms with E-state index in [4.69, 9.17) is 0 Å². The zero-order valence-electron chi connectivity index (χ0n) is 11.2.